The maximum atomic E-state index is 9.41. The molecule has 0 saturated carbocycles. The van der Waals surface area contributed by atoms with Crippen LogP contribution in [-0.4, -0.2) is 50.8 Å². The highest BCUT2D eigenvalue weighted by molar-refractivity contribution is 6.58. The Morgan fingerprint density at radius 3 is 2.56 bits per heavy atom. The average molecular weight is 431 g/mol. The summed E-state index contributed by atoms with van der Waals surface area (Å²) < 4.78 is 2.00. The van der Waals surface area contributed by atoms with Gasteiger partial charge in [0.25, 0.3) is 0 Å². The third kappa shape index (κ3) is 4.29. The molecule has 164 valence electrons. The first-order valence-electron chi connectivity index (χ1n) is 10.3. The van der Waals surface area contributed by atoms with Crippen LogP contribution in [0.5, 0.6) is 0 Å². The van der Waals surface area contributed by atoms with Crippen LogP contribution in [0.3, 0.4) is 0 Å². The van der Waals surface area contributed by atoms with E-state index in [4.69, 9.17) is 5.73 Å². The van der Waals surface area contributed by atoms with Crippen LogP contribution in [0.25, 0.3) is 16.9 Å². The topological polar surface area (TPSA) is 125 Å². The number of nitrogens with zero attached hydrogens (tertiary/aromatic N) is 5. The van der Waals surface area contributed by atoms with E-state index >= 15 is 0 Å². The van der Waals surface area contributed by atoms with Gasteiger partial charge in [0.1, 0.15) is 0 Å². The van der Waals surface area contributed by atoms with Crippen LogP contribution >= 0.6 is 0 Å². The van der Waals surface area contributed by atoms with Gasteiger partial charge in [0.15, 0.2) is 0 Å². The maximum Gasteiger partial charge on any atom is 0.488 e. The highest BCUT2D eigenvalue weighted by Gasteiger charge is 2.16. The lowest BCUT2D eigenvalue weighted by molar-refractivity contribution is 0.425. The number of anilines is 2. The molecule has 0 fully saturated rings. The highest BCUT2D eigenvalue weighted by atomic mass is 16.4. The molecular weight excluding hydrogens is 405 g/mol. The lowest BCUT2D eigenvalue weighted by atomic mass is 9.80. The van der Waals surface area contributed by atoms with Crippen LogP contribution in [0.1, 0.15) is 16.8 Å². The molecule has 5 N–H and O–H groups in total. The van der Waals surface area contributed by atoms with E-state index in [1.807, 2.05) is 54.8 Å². The van der Waals surface area contributed by atoms with Gasteiger partial charge in [0.2, 0.25) is 17.8 Å². The number of benzene rings is 2. The predicted octanol–water partition coefficient (Wildman–Crippen LogP) is 0.941. The fourth-order valence-corrected chi connectivity index (χ4v) is 3.65. The molecule has 4 aromatic rings. The van der Waals surface area contributed by atoms with Gasteiger partial charge in [-0.25, -0.2) is 0 Å². The summed E-state index contributed by atoms with van der Waals surface area (Å²) in [4.78, 5) is 15.7. The summed E-state index contributed by atoms with van der Waals surface area (Å²) in [6.45, 7) is 2.88. The van der Waals surface area contributed by atoms with Gasteiger partial charge in [-0.3, -0.25) is 4.57 Å². The number of aromatic nitrogens is 4. The molecule has 2 heterocycles. The van der Waals surface area contributed by atoms with E-state index in [0.717, 1.165) is 27.7 Å². The van der Waals surface area contributed by atoms with E-state index in [1.165, 1.54) is 0 Å². The first kappa shape index (κ1) is 21.8. The van der Waals surface area contributed by atoms with Crippen LogP contribution in [0.15, 0.2) is 48.5 Å². The summed E-state index contributed by atoms with van der Waals surface area (Å²) in [6.07, 6.45) is 0. The monoisotopic (exact) mass is 431 g/mol. The largest absolute Gasteiger partial charge is 0.488 e. The van der Waals surface area contributed by atoms with E-state index < -0.39 is 7.12 Å². The van der Waals surface area contributed by atoms with E-state index in [2.05, 4.69) is 26.3 Å². The Bertz CT molecular complexity index is 1260. The quantitative estimate of drug-likeness (QED) is 0.319. The molecule has 0 bridgehead atoms. The van der Waals surface area contributed by atoms with Gasteiger partial charge in [0, 0.05) is 38.3 Å². The standard InChI is InChI=1S/C22H26BN7O2/c1-14-10-18-16(12-24)7-5-9-19(18)30(14)22-27-20(26-21(28-22)29(2)3)25-13-15-6-4-8-17(11-15)23(31)32/h4-11,31-32H,12-13,24H2,1-3H3,(H,25,26,27,28). The van der Waals surface area contributed by atoms with E-state index in [9.17, 15) is 10.0 Å². The van der Waals surface area contributed by atoms with E-state index in [1.54, 1.807) is 18.2 Å². The molecule has 9 nitrogen and oxygen atoms in total. The molecule has 0 radical (unpaired) electrons. The summed E-state index contributed by atoms with van der Waals surface area (Å²) in [5.41, 5.74) is 10.3. The van der Waals surface area contributed by atoms with Crippen LogP contribution in [0.4, 0.5) is 11.9 Å². The Balaban J connectivity index is 1.73. The molecule has 0 amide bonds. The third-order valence-electron chi connectivity index (χ3n) is 5.25. The molecule has 0 unspecified atom stereocenters. The van der Waals surface area contributed by atoms with Crippen molar-refractivity contribution < 1.29 is 10.0 Å². The van der Waals surface area contributed by atoms with E-state index in [0.29, 0.717) is 36.4 Å². The second-order valence-corrected chi connectivity index (χ2v) is 7.80. The van der Waals surface area contributed by atoms with E-state index in [-0.39, 0.29) is 0 Å². The Morgan fingerprint density at radius 2 is 1.84 bits per heavy atom. The minimum Gasteiger partial charge on any atom is -0.423 e. The second kappa shape index (κ2) is 8.95. The lowest BCUT2D eigenvalue weighted by Gasteiger charge is -2.15. The highest BCUT2D eigenvalue weighted by Crippen LogP contribution is 2.26. The van der Waals surface area contributed by atoms with Crippen molar-refractivity contribution in [3.63, 3.8) is 0 Å². The normalized spacial score (nSPS) is 11.1. The summed E-state index contributed by atoms with van der Waals surface area (Å²) in [5.74, 6) is 1.45. The van der Waals surface area contributed by atoms with Gasteiger partial charge in [-0.1, -0.05) is 36.4 Å². The molecule has 0 spiro atoms. The van der Waals surface area contributed by atoms with Crippen LogP contribution in [-0.2, 0) is 13.1 Å². The molecule has 32 heavy (non-hydrogen) atoms. The van der Waals surface area contributed by atoms with Crippen molar-refractivity contribution in [3.8, 4) is 5.95 Å². The van der Waals surface area contributed by atoms with Gasteiger partial charge < -0.3 is 26.0 Å². The number of rotatable bonds is 7. The molecular formula is C22H26BN7O2. The Labute approximate surface area is 186 Å². The van der Waals surface area contributed by atoms with Gasteiger partial charge >= 0.3 is 7.12 Å². The first-order chi connectivity index (χ1) is 15.4. The fourth-order valence-electron chi connectivity index (χ4n) is 3.65. The maximum absolute atomic E-state index is 9.41. The zero-order chi connectivity index (χ0) is 22.8. The van der Waals surface area contributed by atoms with Crippen LogP contribution in [0, 0.1) is 6.92 Å². The van der Waals surface area contributed by atoms with Crippen LogP contribution in [0.2, 0.25) is 0 Å². The van der Waals surface area contributed by atoms with Gasteiger partial charge in [-0.2, -0.15) is 15.0 Å². The zero-order valence-corrected chi connectivity index (χ0v) is 18.3. The minimum atomic E-state index is -1.51. The predicted molar refractivity (Wildman–Crippen MR) is 127 cm³/mol. The lowest BCUT2D eigenvalue weighted by Crippen LogP contribution is -2.30. The SMILES string of the molecule is Cc1cc2c(CN)cccc2n1-c1nc(NCc2cccc(B(O)O)c2)nc(N(C)C)n1. The van der Waals surface area contributed by atoms with Crippen molar-refractivity contribution >= 4 is 35.4 Å². The summed E-state index contributed by atoms with van der Waals surface area (Å²) in [7, 11) is 2.24. The fraction of sp³-hybridized carbons (Fsp3) is 0.227. The van der Waals surface area contributed by atoms with Crippen molar-refractivity contribution in [3.05, 3.63) is 65.4 Å². The molecule has 10 heteroatoms. The smallest absolute Gasteiger partial charge is 0.423 e. The van der Waals surface area contributed by atoms with Gasteiger partial charge in [-0.05, 0) is 35.6 Å². The summed E-state index contributed by atoms with van der Waals surface area (Å²) >= 11 is 0. The molecule has 0 aliphatic carbocycles. The third-order valence-corrected chi connectivity index (χ3v) is 5.25. The number of aryl methyl sites for hydroxylation is 1. The molecule has 0 aliphatic heterocycles. The van der Waals surface area contributed by atoms with Gasteiger partial charge in [-0.15, -0.1) is 0 Å². The van der Waals surface area contributed by atoms with Crippen molar-refractivity contribution in [2.75, 3.05) is 24.3 Å². The van der Waals surface area contributed by atoms with Crippen molar-refractivity contribution in [2.24, 2.45) is 5.73 Å². The molecule has 2 aromatic heterocycles. The number of nitrogens with one attached hydrogen (secondary N) is 1. The van der Waals surface area contributed by atoms with Crippen molar-refractivity contribution in [2.45, 2.75) is 20.0 Å². The number of fused-ring (bicyclic) bond motifs is 1. The molecule has 0 aliphatic rings. The molecule has 4 rings (SSSR count). The van der Waals surface area contributed by atoms with Crippen molar-refractivity contribution in [1.29, 1.82) is 0 Å². The minimum absolute atomic E-state index is 0.416. The zero-order valence-electron chi connectivity index (χ0n) is 18.3. The first-order valence-corrected chi connectivity index (χ1v) is 10.3. The van der Waals surface area contributed by atoms with Gasteiger partial charge in [0.05, 0.1) is 5.52 Å². The average Bonchev–Trinajstić information content (AvgIpc) is 3.13. The Kier molecular flexibility index (Phi) is 6.09. The molecule has 2 aromatic carbocycles. The van der Waals surface area contributed by atoms with Crippen molar-refractivity contribution in [1.82, 2.24) is 19.5 Å². The Morgan fingerprint density at radius 1 is 1.06 bits per heavy atom. The molecule has 0 atom stereocenters. The van der Waals surface area contributed by atoms with Crippen LogP contribution < -0.4 is 21.4 Å². The number of nitrogens with two attached hydrogens (primary N) is 1. The number of hydrogen-bond acceptors (Lipinski definition) is 8. The molecule has 0 saturated heterocycles. The number of hydrogen-bond donors (Lipinski definition) is 4. The Hall–Kier alpha value is -3.47. The summed E-state index contributed by atoms with van der Waals surface area (Å²) in [6, 6.07) is 15.2. The summed E-state index contributed by atoms with van der Waals surface area (Å²) in [5, 5.41) is 23.1. The second-order valence-electron chi connectivity index (χ2n) is 7.80.